The summed E-state index contributed by atoms with van der Waals surface area (Å²) in [7, 11) is 0. The number of benzene rings is 1. The quantitative estimate of drug-likeness (QED) is 0.815. The first kappa shape index (κ1) is 10.0. The summed E-state index contributed by atoms with van der Waals surface area (Å²) in [6, 6.07) is 6.64. The summed E-state index contributed by atoms with van der Waals surface area (Å²) in [6.45, 7) is 6.41. The molecule has 0 fully saturated rings. The van der Waals surface area contributed by atoms with E-state index < -0.39 is 0 Å². The maximum atomic E-state index is 5.93. The second-order valence-corrected chi connectivity index (χ2v) is 4.09. The minimum Gasteiger partial charge on any atom is -0.369 e. The van der Waals surface area contributed by atoms with Crippen molar-refractivity contribution in [2.45, 2.75) is 33.2 Å². The van der Waals surface area contributed by atoms with Gasteiger partial charge in [-0.25, -0.2) is 4.98 Å². The van der Waals surface area contributed by atoms with Crippen LogP contribution in [0.3, 0.4) is 0 Å². The molecule has 3 heteroatoms. The van der Waals surface area contributed by atoms with Crippen LogP contribution in [0.5, 0.6) is 0 Å². The maximum Gasteiger partial charge on any atom is 0.201 e. The monoisotopic (exact) mass is 203 g/mol. The van der Waals surface area contributed by atoms with Gasteiger partial charge in [0.2, 0.25) is 5.95 Å². The van der Waals surface area contributed by atoms with E-state index in [4.69, 9.17) is 5.73 Å². The molecule has 3 nitrogen and oxygen atoms in total. The maximum absolute atomic E-state index is 5.93. The molecule has 0 saturated heterocycles. The molecule has 0 spiro atoms. The van der Waals surface area contributed by atoms with Gasteiger partial charge in [-0.05, 0) is 38.0 Å². The topological polar surface area (TPSA) is 43.8 Å². The van der Waals surface area contributed by atoms with Crippen molar-refractivity contribution in [1.82, 2.24) is 9.55 Å². The van der Waals surface area contributed by atoms with Crippen molar-refractivity contribution in [1.29, 1.82) is 0 Å². The standard InChI is InChI=1S/C12H17N3/c1-4-9(3)15-11-7-8(2)5-6-10(11)14-12(15)13/h5-7,9H,4H2,1-3H3,(H2,13,14). The van der Waals surface area contributed by atoms with Crippen LogP contribution in [0.4, 0.5) is 5.95 Å². The van der Waals surface area contributed by atoms with Crippen LogP contribution in [0.1, 0.15) is 31.9 Å². The van der Waals surface area contributed by atoms with Gasteiger partial charge in [-0.1, -0.05) is 13.0 Å². The lowest BCUT2D eigenvalue weighted by Crippen LogP contribution is -2.07. The van der Waals surface area contributed by atoms with Crippen LogP contribution in [0.15, 0.2) is 18.2 Å². The molecule has 0 aliphatic carbocycles. The second kappa shape index (κ2) is 3.57. The van der Waals surface area contributed by atoms with Crippen LogP contribution in [-0.2, 0) is 0 Å². The number of imidazole rings is 1. The fourth-order valence-electron chi connectivity index (χ4n) is 1.87. The minimum absolute atomic E-state index is 0.400. The van der Waals surface area contributed by atoms with Gasteiger partial charge < -0.3 is 10.3 Å². The molecule has 0 bridgehead atoms. The van der Waals surface area contributed by atoms with Gasteiger partial charge in [0.1, 0.15) is 0 Å². The molecule has 0 aliphatic heterocycles. The van der Waals surface area contributed by atoms with Gasteiger partial charge >= 0.3 is 0 Å². The number of hydrogen-bond donors (Lipinski definition) is 1. The number of aromatic nitrogens is 2. The Kier molecular flexibility index (Phi) is 2.39. The van der Waals surface area contributed by atoms with Crippen LogP contribution in [-0.4, -0.2) is 9.55 Å². The number of nitrogens with two attached hydrogens (primary N) is 1. The van der Waals surface area contributed by atoms with E-state index in [2.05, 4.69) is 42.5 Å². The number of nitrogens with zero attached hydrogens (tertiary/aromatic N) is 2. The first-order valence-electron chi connectivity index (χ1n) is 5.37. The summed E-state index contributed by atoms with van der Waals surface area (Å²) in [5.74, 6) is 0.616. The first-order valence-corrected chi connectivity index (χ1v) is 5.37. The van der Waals surface area contributed by atoms with Gasteiger partial charge in [0.25, 0.3) is 0 Å². The van der Waals surface area contributed by atoms with Crippen molar-refractivity contribution in [2.75, 3.05) is 5.73 Å². The predicted molar refractivity (Wildman–Crippen MR) is 63.9 cm³/mol. The Bertz CT molecular complexity index is 485. The molecule has 1 aromatic carbocycles. The van der Waals surface area contributed by atoms with Crippen LogP contribution < -0.4 is 5.73 Å². The van der Waals surface area contributed by atoms with E-state index in [1.54, 1.807) is 0 Å². The molecule has 0 saturated carbocycles. The van der Waals surface area contributed by atoms with Gasteiger partial charge in [0, 0.05) is 6.04 Å². The number of nitrogen functional groups attached to an aromatic ring is 1. The SMILES string of the molecule is CCC(C)n1c(N)nc2ccc(C)cc21. The number of fused-ring (bicyclic) bond motifs is 1. The highest BCUT2D eigenvalue weighted by Crippen LogP contribution is 2.24. The zero-order chi connectivity index (χ0) is 11.0. The van der Waals surface area contributed by atoms with Gasteiger partial charge in [-0.3, -0.25) is 0 Å². The lowest BCUT2D eigenvalue weighted by Gasteiger charge is -2.13. The molecule has 0 amide bonds. The van der Waals surface area contributed by atoms with Crippen molar-refractivity contribution in [3.05, 3.63) is 23.8 Å². The third-order valence-corrected chi connectivity index (χ3v) is 2.90. The normalized spacial score (nSPS) is 13.3. The van der Waals surface area contributed by atoms with Crippen molar-refractivity contribution in [3.63, 3.8) is 0 Å². The summed E-state index contributed by atoms with van der Waals surface area (Å²) in [5.41, 5.74) is 9.30. The Morgan fingerprint density at radius 2 is 2.20 bits per heavy atom. The van der Waals surface area contributed by atoms with Crippen LogP contribution in [0, 0.1) is 6.92 Å². The summed E-state index contributed by atoms with van der Waals surface area (Å²) >= 11 is 0. The molecule has 2 N–H and O–H groups in total. The van der Waals surface area contributed by atoms with Crippen molar-refractivity contribution in [2.24, 2.45) is 0 Å². The lowest BCUT2D eigenvalue weighted by molar-refractivity contribution is 0.552. The Morgan fingerprint density at radius 3 is 2.87 bits per heavy atom. The molecule has 0 radical (unpaired) electrons. The van der Waals surface area contributed by atoms with Crippen molar-refractivity contribution < 1.29 is 0 Å². The molecule has 2 aromatic rings. The third-order valence-electron chi connectivity index (χ3n) is 2.90. The van der Waals surface area contributed by atoms with E-state index in [0.717, 1.165) is 17.5 Å². The van der Waals surface area contributed by atoms with E-state index in [1.807, 2.05) is 6.07 Å². The Morgan fingerprint density at radius 1 is 1.47 bits per heavy atom. The highest BCUT2D eigenvalue weighted by atomic mass is 15.2. The smallest absolute Gasteiger partial charge is 0.201 e. The van der Waals surface area contributed by atoms with E-state index in [0.29, 0.717) is 12.0 Å². The Labute approximate surface area is 89.9 Å². The van der Waals surface area contributed by atoms with Gasteiger partial charge in [0.05, 0.1) is 11.0 Å². The molecule has 2 rings (SSSR count). The van der Waals surface area contributed by atoms with Crippen LogP contribution in [0.2, 0.25) is 0 Å². The van der Waals surface area contributed by atoms with E-state index in [-0.39, 0.29) is 0 Å². The molecular weight excluding hydrogens is 186 g/mol. The number of rotatable bonds is 2. The fourth-order valence-corrected chi connectivity index (χ4v) is 1.87. The Hall–Kier alpha value is -1.51. The first-order chi connectivity index (χ1) is 7.13. The zero-order valence-electron chi connectivity index (χ0n) is 9.49. The molecular formula is C12H17N3. The summed E-state index contributed by atoms with van der Waals surface area (Å²) < 4.78 is 2.11. The molecule has 0 aliphatic rings. The Balaban J connectivity index is 2.70. The molecule has 1 unspecified atom stereocenters. The third kappa shape index (κ3) is 1.58. The molecule has 15 heavy (non-hydrogen) atoms. The molecule has 1 atom stereocenters. The highest BCUT2D eigenvalue weighted by Gasteiger charge is 2.12. The van der Waals surface area contributed by atoms with Gasteiger partial charge in [0.15, 0.2) is 0 Å². The lowest BCUT2D eigenvalue weighted by atomic mass is 10.2. The summed E-state index contributed by atoms with van der Waals surface area (Å²) in [4.78, 5) is 4.36. The zero-order valence-corrected chi connectivity index (χ0v) is 9.49. The predicted octanol–water partition coefficient (Wildman–Crippen LogP) is 2.90. The summed E-state index contributed by atoms with van der Waals surface area (Å²) in [6.07, 6.45) is 1.06. The average Bonchev–Trinajstić information content (AvgIpc) is 2.52. The fraction of sp³-hybridized carbons (Fsp3) is 0.417. The van der Waals surface area contributed by atoms with Gasteiger partial charge in [-0.15, -0.1) is 0 Å². The molecule has 80 valence electrons. The number of aryl methyl sites for hydroxylation is 1. The van der Waals surface area contributed by atoms with Crippen molar-refractivity contribution >= 4 is 17.0 Å². The van der Waals surface area contributed by atoms with E-state index >= 15 is 0 Å². The second-order valence-electron chi connectivity index (χ2n) is 4.09. The van der Waals surface area contributed by atoms with E-state index in [9.17, 15) is 0 Å². The number of hydrogen-bond acceptors (Lipinski definition) is 2. The summed E-state index contributed by atoms with van der Waals surface area (Å²) in [5, 5.41) is 0. The molecule has 1 heterocycles. The molecule has 1 aromatic heterocycles. The van der Waals surface area contributed by atoms with Crippen molar-refractivity contribution in [3.8, 4) is 0 Å². The van der Waals surface area contributed by atoms with E-state index in [1.165, 1.54) is 5.56 Å². The minimum atomic E-state index is 0.400. The highest BCUT2D eigenvalue weighted by molar-refractivity contribution is 5.79. The average molecular weight is 203 g/mol. The van der Waals surface area contributed by atoms with Gasteiger partial charge in [-0.2, -0.15) is 0 Å². The number of anilines is 1. The van der Waals surface area contributed by atoms with Crippen LogP contribution in [0.25, 0.3) is 11.0 Å². The largest absolute Gasteiger partial charge is 0.369 e. The van der Waals surface area contributed by atoms with Crippen LogP contribution >= 0.6 is 0 Å².